The van der Waals surface area contributed by atoms with E-state index in [4.69, 9.17) is 5.41 Å². The fourth-order valence-electron chi connectivity index (χ4n) is 4.60. The molecule has 0 aliphatic heterocycles. The summed E-state index contributed by atoms with van der Waals surface area (Å²) in [6.07, 6.45) is 1.46. The summed E-state index contributed by atoms with van der Waals surface area (Å²) in [5.41, 5.74) is 8.31. The summed E-state index contributed by atoms with van der Waals surface area (Å²) in [4.78, 5) is 0. The minimum absolute atomic E-state index is 0.976. The Bertz CT molecular complexity index is 1610. The van der Waals surface area contributed by atoms with Crippen LogP contribution < -0.4 is 0 Å². The van der Waals surface area contributed by atoms with Crippen molar-refractivity contribution in [3.63, 3.8) is 0 Å². The molecule has 0 fully saturated rings. The first-order valence-electron chi connectivity index (χ1n) is 11.0. The van der Waals surface area contributed by atoms with Crippen molar-refractivity contribution in [2.24, 2.45) is 0 Å². The predicted molar refractivity (Wildman–Crippen MR) is 144 cm³/mol. The Kier molecular flexibility index (Phi) is 4.86. The van der Waals surface area contributed by atoms with Gasteiger partial charge >= 0.3 is 0 Å². The second-order valence-electron chi connectivity index (χ2n) is 8.17. The van der Waals surface area contributed by atoms with Gasteiger partial charge in [-0.2, -0.15) is 0 Å². The van der Waals surface area contributed by atoms with Crippen molar-refractivity contribution >= 4 is 37.7 Å². The van der Waals surface area contributed by atoms with Crippen molar-refractivity contribution in [1.29, 1.82) is 5.41 Å². The van der Waals surface area contributed by atoms with Gasteiger partial charge in [0.05, 0.1) is 0 Å². The van der Waals surface area contributed by atoms with Gasteiger partial charge in [0.15, 0.2) is 0 Å². The van der Waals surface area contributed by atoms with Crippen molar-refractivity contribution < 1.29 is 0 Å². The van der Waals surface area contributed by atoms with Crippen LogP contribution in [0.3, 0.4) is 0 Å². The van der Waals surface area contributed by atoms with Crippen LogP contribution in [0, 0.1) is 5.41 Å². The number of benzene rings is 5. The molecule has 0 radical (unpaired) electrons. The molecule has 6 aromatic rings. The number of rotatable bonds is 4. The number of hydrogen-bond donors (Lipinski definition) is 1. The molecule has 1 heterocycles. The average Bonchev–Trinajstić information content (AvgIpc) is 3.27. The van der Waals surface area contributed by atoms with E-state index in [1.165, 1.54) is 59.8 Å². The van der Waals surface area contributed by atoms with E-state index in [1.54, 1.807) is 11.3 Å². The zero-order valence-corrected chi connectivity index (χ0v) is 18.8. The quantitative estimate of drug-likeness (QED) is 0.265. The second kappa shape index (κ2) is 8.16. The summed E-state index contributed by atoms with van der Waals surface area (Å²) >= 11 is 1.79. The highest BCUT2D eigenvalue weighted by Crippen LogP contribution is 2.38. The molecule has 156 valence electrons. The summed E-state index contributed by atoms with van der Waals surface area (Å²) in [7, 11) is 0. The molecule has 1 N–H and O–H groups in total. The van der Waals surface area contributed by atoms with E-state index >= 15 is 0 Å². The summed E-state index contributed by atoms with van der Waals surface area (Å²) in [5, 5.41) is 10.2. The monoisotopic (exact) mass is 439 g/mol. The minimum Gasteiger partial charge on any atom is -0.308 e. The molecule has 0 atom stereocenters. The third-order valence-electron chi connectivity index (χ3n) is 6.22. The summed E-state index contributed by atoms with van der Waals surface area (Å²) < 4.78 is 2.49. The molecule has 0 saturated heterocycles. The van der Waals surface area contributed by atoms with Gasteiger partial charge in [0.2, 0.25) is 0 Å². The molecule has 6 rings (SSSR count). The summed E-state index contributed by atoms with van der Waals surface area (Å²) in [6, 6.07) is 40.9. The fraction of sp³-hybridized carbons (Fsp3) is 0. The third kappa shape index (κ3) is 3.45. The Labute approximate surface area is 197 Å². The maximum atomic E-state index is 7.82. The van der Waals surface area contributed by atoms with Gasteiger partial charge in [0.1, 0.15) is 0 Å². The van der Waals surface area contributed by atoms with Gasteiger partial charge in [-0.15, -0.1) is 11.3 Å². The highest BCUT2D eigenvalue weighted by Gasteiger charge is 2.11. The van der Waals surface area contributed by atoms with Crippen molar-refractivity contribution in [1.82, 2.24) is 0 Å². The van der Waals surface area contributed by atoms with Gasteiger partial charge in [0.25, 0.3) is 0 Å². The third-order valence-corrected chi connectivity index (χ3v) is 7.36. The Hall–Kier alpha value is -4.01. The molecule has 0 spiro atoms. The van der Waals surface area contributed by atoms with Crippen molar-refractivity contribution in [2.45, 2.75) is 0 Å². The van der Waals surface area contributed by atoms with Crippen LogP contribution in [0.25, 0.3) is 53.6 Å². The molecule has 0 unspecified atom stereocenters. The molecule has 0 amide bonds. The molecule has 0 saturated carbocycles. The average molecular weight is 440 g/mol. The first kappa shape index (κ1) is 19.7. The molecular formula is C31H21NS. The summed E-state index contributed by atoms with van der Waals surface area (Å²) in [5.74, 6) is 0. The van der Waals surface area contributed by atoms with Crippen LogP contribution in [0.2, 0.25) is 0 Å². The molecule has 0 aliphatic rings. The maximum Gasteiger partial charge on any atom is 0.0361 e. The van der Waals surface area contributed by atoms with Crippen LogP contribution in [0.1, 0.15) is 5.56 Å². The lowest BCUT2D eigenvalue weighted by Crippen LogP contribution is -1.85. The van der Waals surface area contributed by atoms with E-state index in [2.05, 4.69) is 103 Å². The van der Waals surface area contributed by atoms with E-state index < -0.39 is 0 Å². The lowest BCUT2D eigenvalue weighted by molar-refractivity contribution is 1.56. The largest absolute Gasteiger partial charge is 0.308 e. The van der Waals surface area contributed by atoms with Crippen molar-refractivity contribution in [3.8, 4) is 33.4 Å². The number of fused-ring (bicyclic) bond motifs is 3. The van der Waals surface area contributed by atoms with Crippen molar-refractivity contribution in [3.05, 3.63) is 121 Å². The van der Waals surface area contributed by atoms with Gasteiger partial charge in [-0.05, 0) is 51.6 Å². The Morgan fingerprint density at radius 3 is 1.88 bits per heavy atom. The van der Waals surface area contributed by atoms with E-state index in [0.29, 0.717) is 0 Å². The smallest absolute Gasteiger partial charge is 0.0361 e. The lowest BCUT2D eigenvalue weighted by Gasteiger charge is -2.11. The van der Waals surface area contributed by atoms with E-state index in [1.807, 2.05) is 12.1 Å². The van der Waals surface area contributed by atoms with Crippen LogP contribution >= 0.6 is 11.3 Å². The van der Waals surface area contributed by atoms with Crippen LogP contribution in [0.15, 0.2) is 115 Å². The van der Waals surface area contributed by atoms with Crippen molar-refractivity contribution in [2.75, 3.05) is 0 Å². The zero-order valence-electron chi connectivity index (χ0n) is 18.0. The zero-order chi connectivity index (χ0) is 22.2. The Morgan fingerprint density at radius 1 is 0.515 bits per heavy atom. The van der Waals surface area contributed by atoms with Crippen LogP contribution in [-0.2, 0) is 0 Å². The number of nitrogens with one attached hydrogen (secondary N) is 1. The Morgan fingerprint density at radius 2 is 1.15 bits per heavy atom. The van der Waals surface area contributed by atoms with E-state index in [-0.39, 0.29) is 0 Å². The first-order chi connectivity index (χ1) is 16.3. The predicted octanol–water partition coefficient (Wildman–Crippen LogP) is 9.05. The van der Waals surface area contributed by atoms with Gasteiger partial charge < -0.3 is 5.41 Å². The fourth-order valence-corrected chi connectivity index (χ4v) is 5.72. The topological polar surface area (TPSA) is 23.9 Å². The molecule has 0 bridgehead atoms. The van der Waals surface area contributed by atoms with E-state index in [9.17, 15) is 0 Å². The van der Waals surface area contributed by atoms with Crippen LogP contribution in [-0.4, -0.2) is 6.21 Å². The highest BCUT2D eigenvalue weighted by molar-refractivity contribution is 7.25. The highest BCUT2D eigenvalue weighted by atomic mass is 32.1. The first-order valence-corrected chi connectivity index (χ1v) is 11.8. The second-order valence-corrected chi connectivity index (χ2v) is 9.25. The lowest BCUT2D eigenvalue weighted by atomic mass is 9.93. The molecule has 1 aromatic heterocycles. The SMILES string of the molecule is N=Cc1cccc2sc3ccc(-c4ccc(-c5ccccc5-c5ccccc5)cc4)cc3c12. The summed E-state index contributed by atoms with van der Waals surface area (Å²) in [6.45, 7) is 0. The molecule has 0 aliphatic carbocycles. The van der Waals surface area contributed by atoms with Gasteiger partial charge in [-0.3, -0.25) is 0 Å². The maximum absolute atomic E-state index is 7.82. The van der Waals surface area contributed by atoms with Crippen LogP contribution in [0.5, 0.6) is 0 Å². The molecule has 33 heavy (non-hydrogen) atoms. The molecular weight excluding hydrogens is 418 g/mol. The van der Waals surface area contributed by atoms with Gasteiger partial charge in [-0.1, -0.05) is 97.1 Å². The number of thiophene rings is 1. The van der Waals surface area contributed by atoms with Crippen LogP contribution in [0.4, 0.5) is 0 Å². The Balaban J connectivity index is 1.43. The standard InChI is InChI=1S/C31H21NS/c32-20-25-9-6-12-30-31(25)28-19-24(17-18-29(28)33-30)21-13-15-23(16-14-21)27-11-5-4-10-26(27)22-7-2-1-3-8-22/h1-20,32H. The number of hydrogen-bond acceptors (Lipinski definition) is 2. The molecule has 1 nitrogen and oxygen atoms in total. The molecule has 5 aromatic carbocycles. The minimum atomic E-state index is 0.976. The van der Waals surface area contributed by atoms with Gasteiger partial charge in [0, 0.05) is 32.0 Å². The van der Waals surface area contributed by atoms with E-state index in [0.717, 1.165) is 5.56 Å². The normalized spacial score (nSPS) is 11.2. The van der Waals surface area contributed by atoms with Gasteiger partial charge in [-0.25, -0.2) is 0 Å². The molecule has 2 heteroatoms.